The normalized spacial score (nSPS) is 10.7. The molecule has 0 bridgehead atoms. The Morgan fingerprint density at radius 3 is 2.57 bits per heavy atom. The second-order valence-electron chi connectivity index (χ2n) is 5.92. The SMILES string of the molecule is CCc1cccc(C)c1CNc1c[nH]c(-c2ccc(C)cc2)n1. The van der Waals surface area contributed by atoms with Crippen molar-refractivity contribution in [2.24, 2.45) is 0 Å². The first-order chi connectivity index (χ1) is 11.2. The van der Waals surface area contributed by atoms with Crippen LogP contribution in [0.1, 0.15) is 29.2 Å². The van der Waals surface area contributed by atoms with E-state index in [-0.39, 0.29) is 0 Å². The zero-order valence-electron chi connectivity index (χ0n) is 14.0. The molecule has 0 aliphatic rings. The van der Waals surface area contributed by atoms with Crippen LogP contribution in [0.5, 0.6) is 0 Å². The lowest BCUT2D eigenvalue weighted by molar-refractivity contribution is 1.02. The first-order valence-corrected chi connectivity index (χ1v) is 8.11. The average Bonchev–Trinajstić information content (AvgIpc) is 3.03. The maximum Gasteiger partial charge on any atom is 0.144 e. The van der Waals surface area contributed by atoms with Gasteiger partial charge in [-0.1, -0.05) is 55.0 Å². The van der Waals surface area contributed by atoms with Crippen molar-refractivity contribution in [2.75, 3.05) is 5.32 Å². The third-order valence-electron chi connectivity index (χ3n) is 4.24. The molecule has 3 nitrogen and oxygen atoms in total. The van der Waals surface area contributed by atoms with E-state index in [1.165, 1.54) is 22.3 Å². The number of benzene rings is 2. The number of aromatic amines is 1. The van der Waals surface area contributed by atoms with Gasteiger partial charge in [0.05, 0.1) is 0 Å². The number of anilines is 1. The summed E-state index contributed by atoms with van der Waals surface area (Å²) >= 11 is 0. The molecule has 0 aliphatic carbocycles. The monoisotopic (exact) mass is 305 g/mol. The number of nitrogens with one attached hydrogen (secondary N) is 2. The molecular weight excluding hydrogens is 282 g/mol. The van der Waals surface area contributed by atoms with Crippen LogP contribution in [0.2, 0.25) is 0 Å². The minimum Gasteiger partial charge on any atom is -0.365 e. The molecule has 118 valence electrons. The molecule has 0 radical (unpaired) electrons. The zero-order chi connectivity index (χ0) is 16.2. The number of aromatic nitrogens is 2. The third kappa shape index (κ3) is 3.45. The summed E-state index contributed by atoms with van der Waals surface area (Å²) < 4.78 is 0. The first kappa shape index (κ1) is 15.3. The molecular formula is C20H23N3. The molecule has 2 N–H and O–H groups in total. The molecule has 0 fully saturated rings. The number of hydrogen-bond donors (Lipinski definition) is 2. The predicted molar refractivity (Wildman–Crippen MR) is 96.6 cm³/mol. The average molecular weight is 305 g/mol. The smallest absolute Gasteiger partial charge is 0.144 e. The van der Waals surface area contributed by atoms with Crippen LogP contribution in [0.3, 0.4) is 0 Å². The van der Waals surface area contributed by atoms with Crippen molar-refractivity contribution >= 4 is 5.82 Å². The van der Waals surface area contributed by atoms with Crippen LogP contribution < -0.4 is 5.32 Å². The Balaban J connectivity index is 1.74. The van der Waals surface area contributed by atoms with Crippen LogP contribution in [-0.4, -0.2) is 9.97 Å². The number of rotatable bonds is 5. The van der Waals surface area contributed by atoms with Crippen molar-refractivity contribution in [3.05, 3.63) is 70.9 Å². The molecule has 0 aliphatic heterocycles. The van der Waals surface area contributed by atoms with Gasteiger partial charge in [-0.05, 0) is 37.0 Å². The van der Waals surface area contributed by atoms with Gasteiger partial charge in [-0.25, -0.2) is 4.98 Å². The van der Waals surface area contributed by atoms with Gasteiger partial charge in [0.2, 0.25) is 0 Å². The molecule has 0 saturated carbocycles. The Morgan fingerprint density at radius 2 is 1.83 bits per heavy atom. The fourth-order valence-electron chi connectivity index (χ4n) is 2.80. The summed E-state index contributed by atoms with van der Waals surface area (Å²) in [7, 11) is 0. The fourth-order valence-corrected chi connectivity index (χ4v) is 2.80. The van der Waals surface area contributed by atoms with Gasteiger partial charge < -0.3 is 10.3 Å². The lowest BCUT2D eigenvalue weighted by Gasteiger charge is -2.11. The van der Waals surface area contributed by atoms with E-state index < -0.39 is 0 Å². The Bertz CT molecular complexity index is 785. The molecule has 3 aromatic rings. The quantitative estimate of drug-likeness (QED) is 0.706. The van der Waals surface area contributed by atoms with Crippen molar-refractivity contribution in [1.29, 1.82) is 0 Å². The van der Waals surface area contributed by atoms with Gasteiger partial charge >= 0.3 is 0 Å². The summed E-state index contributed by atoms with van der Waals surface area (Å²) in [4.78, 5) is 7.89. The van der Waals surface area contributed by atoms with Gasteiger partial charge in [0.15, 0.2) is 0 Å². The number of nitrogens with zero attached hydrogens (tertiary/aromatic N) is 1. The first-order valence-electron chi connectivity index (χ1n) is 8.11. The molecule has 1 aromatic heterocycles. The Hall–Kier alpha value is -2.55. The van der Waals surface area contributed by atoms with Crippen LogP contribution in [-0.2, 0) is 13.0 Å². The molecule has 0 amide bonds. The lowest BCUT2D eigenvalue weighted by atomic mass is 10.0. The second kappa shape index (κ2) is 6.69. The second-order valence-corrected chi connectivity index (χ2v) is 5.92. The maximum atomic E-state index is 4.64. The number of hydrogen-bond acceptors (Lipinski definition) is 2. The molecule has 1 heterocycles. The van der Waals surface area contributed by atoms with Gasteiger partial charge in [0.1, 0.15) is 11.6 Å². The highest BCUT2D eigenvalue weighted by Crippen LogP contribution is 2.20. The van der Waals surface area contributed by atoms with Gasteiger partial charge in [0.25, 0.3) is 0 Å². The molecule has 3 heteroatoms. The predicted octanol–water partition coefficient (Wildman–Crippen LogP) is 4.87. The molecule has 2 aromatic carbocycles. The van der Waals surface area contributed by atoms with Crippen LogP contribution in [0.15, 0.2) is 48.7 Å². The highest BCUT2D eigenvalue weighted by Gasteiger charge is 2.07. The van der Waals surface area contributed by atoms with Crippen LogP contribution in [0.4, 0.5) is 5.82 Å². The van der Waals surface area contributed by atoms with E-state index in [0.717, 1.165) is 30.2 Å². The van der Waals surface area contributed by atoms with Gasteiger partial charge in [-0.2, -0.15) is 0 Å². The largest absolute Gasteiger partial charge is 0.365 e. The summed E-state index contributed by atoms with van der Waals surface area (Å²) in [5, 5.41) is 3.44. The number of aryl methyl sites for hydroxylation is 3. The summed E-state index contributed by atoms with van der Waals surface area (Å²) in [6.07, 6.45) is 2.98. The molecule has 0 unspecified atom stereocenters. The summed E-state index contributed by atoms with van der Waals surface area (Å²) in [6.45, 7) is 7.25. The Labute approximate surface area is 137 Å². The van der Waals surface area contributed by atoms with E-state index >= 15 is 0 Å². The lowest BCUT2D eigenvalue weighted by Crippen LogP contribution is -2.05. The van der Waals surface area contributed by atoms with E-state index in [1.54, 1.807) is 0 Å². The van der Waals surface area contributed by atoms with Crippen LogP contribution in [0.25, 0.3) is 11.4 Å². The van der Waals surface area contributed by atoms with Crippen molar-refractivity contribution in [3.63, 3.8) is 0 Å². The molecule has 0 atom stereocenters. The maximum absolute atomic E-state index is 4.64. The van der Waals surface area contributed by atoms with E-state index in [0.29, 0.717) is 0 Å². The van der Waals surface area contributed by atoms with E-state index in [2.05, 4.69) is 78.5 Å². The summed E-state index contributed by atoms with van der Waals surface area (Å²) in [5.41, 5.74) is 6.45. The van der Waals surface area contributed by atoms with Gasteiger partial charge in [-0.15, -0.1) is 0 Å². The van der Waals surface area contributed by atoms with Crippen molar-refractivity contribution < 1.29 is 0 Å². The van der Waals surface area contributed by atoms with Crippen molar-refractivity contribution in [2.45, 2.75) is 33.7 Å². The Morgan fingerprint density at radius 1 is 1.04 bits per heavy atom. The highest BCUT2D eigenvalue weighted by atomic mass is 15.1. The minimum absolute atomic E-state index is 0.800. The molecule has 0 saturated heterocycles. The number of imidazole rings is 1. The van der Waals surface area contributed by atoms with E-state index in [4.69, 9.17) is 0 Å². The molecule has 23 heavy (non-hydrogen) atoms. The molecule has 0 spiro atoms. The highest BCUT2D eigenvalue weighted by molar-refractivity contribution is 5.58. The topological polar surface area (TPSA) is 40.7 Å². The van der Waals surface area contributed by atoms with Crippen molar-refractivity contribution in [1.82, 2.24) is 9.97 Å². The fraction of sp³-hybridized carbons (Fsp3) is 0.250. The van der Waals surface area contributed by atoms with Crippen LogP contribution in [0, 0.1) is 13.8 Å². The summed E-state index contributed by atoms with van der Waals surface area (Å²) in [5.74, 6) is 1.78. The minimum atomic E-state index is 0.800. The Kier molecular flexibility index (Phi) is 4.47. The van der Waals surface area contributed by atoms with Gasteiger partial charge in [0, 0.05) is 18.3 Å². The summed E-state index contributed by atoms with van der Waals surface area (Å²) in [6, 6.07) is 14.9. The van der Waals surface area contributed by atoms with Gasteiger partial charge in [-0.3, -0.25) is 0 Å². The number of H-pyrrole nitrogens is 1. The zero-order valence-corrected chi connectivity index (χ0v) is 14.0. The van der Waals surface area contributed by atoms with E-state index in [1.807, 2.05) is 6.20 Å². The molecule has 3 rings (SSSR count). The van der Waals surface area contributed by atoms with Crippen molar-refractivity contribution in [3.8, 4) is 11.4 Å². The van der Waals surface area contributed by atoms with Crippen LogP contribution >= 0.6 is 0 Å². The van der Waals surface area contributed by atoms with E-state index in [9.17, 15) is 0 Å². The third-order valence-corrected chi connectivity index (χ3v) is 4.24. The standard InChI is InChI=1S/C20H23N3/c1-4-16-7-5-6-15(3)18(16)12-21-19-13-22-20(23-19)17-10-8-14(2)9-11-17/h5-11,13,21H,4,12H2,1-3H3,(H,22,23).